The highest BCUT2D eigenvalue weighted by molar-refractivity contribution is 5.97. The SMILES string of the molecule is C=CCOc1ccccc1C(=O)N1CCc2cc(OCC)c(OCC)cc2C1. The third-order valence-electron chi connectivity index (χ3n) is 4.64. The normalized spacial score (nSPS) is 12.9. The summed E-state index contributed by atoms with van der Waals surface area (Å²) in [5.74, 6) is 2.05. The van der Waals surface area contributed by atoms with Crippen LogP contribution in [0.3, 0.4) is 0 Å². The van der Waals surface area contributed by atoms with Crippen LogP contribution in [0.1, 0.15) is 35.3 Å². The van der Waals surface area contributed by atoms with Gasteiger partial charge in [-0.1, -0.05) is 24.8 Å². The second-order valence-corrected chi connectivity index (χ2v) is 6.51. The predicted octanol–water partition coefficient (Wildman–Crippen LogP) is 4.25. The summed E-state index contributed by atoms with van der Waals surface area (Å²) in [7, 11) is 0. The van der Waals surface area contributed by atoms with Gasteiger partial charge < -0.3 is 19.1 Å². The van der Waals surface area contributed by atoms with Crippen molar-refractivity contribution in [3.8, 4) is 17.2 Å². The molecule has 1 amide bonds. The van der Waals surface area contributed by atoms with Crippen LogP contribution in [0.4, 0.5) is 0 Å². The Morgan fingerprint density at radius 2 is 1.71 bits per heavy atom. The van der Waals surface area contributed by atoms with Crippen molar-refractivity contribution in [2.24, 2.45) is 0 Å². The first kappa shape index (κ1) is 19.8. The highest BCUT2D eigenvalue weighted by Crippen LogP contribution is 2.34. The maximum atomic E-state index is 13.1. The molecule has 2 aromatic rings. The van der Waals surface area contributed by atoms with Crippen molar-refractivity contribution in [3.63, 3.8) is 0 Å². The van der Waals surface area contributed by atoms with E-state index in [1.54, 1.807) is 12.1 Å². The van der Waals surface area contributed by atoms with Crippen LogP contribution in [0.25, 0.3) is 0 Å². The summed E-state index contributed by atoms with van der Waals surface area (Å²) >= 11 is 0. The number of fused-ring (bicyclic) bond motifs is 1. The molecule has 0 spiro atoms. The summed E-state index contributed by atoms with van der Waals surface area (Å²) in [6.07, 6.45) is 2.45. The van der Waals surface area contributed by atoms with Gasteiger partial charge in [0.15, 0.2) is 11.5 Å². The monoisotopic (exact) mass is 381 g/mol. The average molecular weight is 381 g/mol. The van der Waals surface area contributed by atoms with Crippen molar-refractivity contribution in [2.45, 2.75) is 26.8 Å². The van der Waals surface area contributed by atoms with E-state index in [2.05, 4.69) is 6.58 Å². The highest BCUT2D eigenvalue weighted by atomic mass is 16.5. The molecule has 0 bridgehead atoms. The minimum atomic E-state index is -0.0304. The molecule has 0 saturated carbocycles. The van der Waals surface area contributed by atoms with Crippen molar-refractivity contribution < 1.29 is 19.0 Å². The van der Waals surface area contributed by atoms with Gasteiger partial charge in [0.2, 0.25) is 0 Å². The molecule has 5 nitrogen and oxygen atoms in total. The number of carbonyl (C=O) groups is 1. The molecule has 0 unspecified atom stereocenters. The molecule has 0 radical (unpaired) electrons. The number of para-hydroxylation sites is 1. The van der Waals surface area contributed by atoms with E-state index in [1.165, 1.54) is 5.56 Å². The van der Waals surface area contributed by atoms with Gasteiger partial charge in [0.25, 0.3) is 5.91 Å². The van der Waals surface area contributed by atoms with E-state index < -0.39 is 0 Å². The zero-order valence-corrected chi connectivity index (χ0v) is 16.6. The highest BCUT2D eigenvalue weighted by Gasteiger charge is 2.25. The fourth-order valence-corrected chi connectivity index (χ4v) is 3.36. The van der Waals surface area contributed by atoms with Crippen LogP contribution >= 0.6 is 0 Å². The molecule has 148 valence electrons. The Kier molecular flexibility index (Phi) is 6.58. The van der Waals surface area contributed by atoms with Crippen molar-refractivity contribution in [1.29, 1.82) is 0 Å². The molecule has 3 rings (SSSR count). The third-order valence-corrected chi connectivity index (χ3v) is 4.64. The van der Waals surface area contributed by atoms with E-state index in [4.69, 9.17) is 14.2 Å². The zero-order chi connectivity index (χ0) is 19.9. The van der Waals surface area contributed by atoms with Gasteiger partial charge in [-0.15, -0.1) is 0 Å². The Bertz CT molecular complexity index is 846. The number of rotatable bonds is 8. The van der Waals surface area contributed by atoms with Crippen LogP contribution in [0.5, 0.6) is 17.2 Å². The molecular formula is C23H27NO4. The Morgan fingerprint density at radius 3 is 2.39 bits per heavy atom. The van der Waals surface area contributed by atoms with E-state index in [-0.39, 0.29) is 5.91 Å². The Morgan fingerprint density at radius 1 is 1.04 bits per heavy atom. The van der Waals surface area contributed by atoms with Crippen LogP contribution in [0.2, 0.25) is 0 Å². The number of carbonyl (C=O) groups excluding carboxylic acids is 1. The molecular weight excluding hydrogens is 354 g/mol. The van der Waals surface area contributed by atoms with E-state index in [1.807, 2.05) is 49.1 Å². The van der Waals surface area contributed by atoms with Gasteiger partial charge in [-0.3, -0.25) is 4.79 Å². The molecule has 1 aliphatic heterocycles. The van der Waals surface area contributed by atoms with E-state index in [0.29, 0.717) is 44.2 Å². The Labute approximate surface area is 166 Å². The zero-order valence-electron chi connectivity index (χ0n) is 16.6. The van der Waals surface area contributed by atoms with E-state index >= 15 is 0 Å². The summed E-state index contributed by atoms with van der Waals surface area (Å²) in [6.45, 7) is 10.3. The summed E-state index contributed by atoms with van der Waals surface area (Å²) in [6, 6.07) is 11.4. The maximum Gasteiger partial charge on any atom is 0.257 e. The molecule has 2 aromatic carbocycles. The fraction of sp³-hybridized carbons (Fsp3) is 0.348. The fourth-order valence-electron chi connectivity index (χ4n) is 3.36. The van der Waals surface area contributed by atoms with Gasteiger partial charge in [-0.05, 0) is 55.7 Å². The van der Waals surface area contributed by atoms with Crippen LogP contribution in [-0.4, -0.2) is 37.2 Å². The van der Waals surface area contributed by atoms with Crippen molar-refractivity contribution >= 4 is 5.91 Å². The third kappa shape index (κ3) is 4.30. The van der Waals surface area contributed by atoms with Gasteiger partial charge in [-0.25, -0.2) is 0 Å². The van der Waals surface area contributed by atoms with Gasteiger partial charge >= 0.3 is 0 Å². The van der Waals surface area contributed by atoms with Gasteiger partial charge in [-0.2, -0.15) is 0 Å². The first-order valence-corrected chi connectivity index (χ1v) is 9.71. The smallest absolute Gasteiger partial charge is 0.257 e. The topological polar surface area (TPSA) is 48.0 Å². The van der Waals surface area contributed by atoms with Crippen LogP contribution in [0, 0.1) is 0 Å². The van der Waals surface area contributed by atoms with Crippen molar-refractivity contribution in [3.05, 3.63) is 65.7 Å². The molecule has 0 saturated heterocycles. The van der Waals surface area contributed by atoms with Crippen molar-refractivity contribution in [2.75, 3.05) is 26.4 Å². The molecule has 0 aliphatic carbocycles. The quantitative estimate of drug-likeness (QED) is 0.642. The number of ether oxygens (including phenoxy) is 3. The molecule has 0 N–H and O–H groups in total. The van der Waals surface area contributed by atoms with Crippen LogP contribution < -0.4 is 14.2 Å². The van der Waals surface area contributed by atoms with Crippen molar-refractivity contribution in [1.82, 2.24) is 4.90 Å². The summed E-state index contributed by atoms with van der Waals surface area (Å²) in [5.41, 5.74) is 2.87. The lowest BCUT2D eigenvalue weighted by molar-refractivity contribution is 0.0730. The maximum absolute atomic E-state index is 13.1. The lowest BCUT2D eigenvalue weighted by atomic mass is 9.98. The van der Waals surface area contributed by atoms with Crippen LogP contribution in [-0.2, 0) is 13.0 Å². The second-order valence-electron chi connectivity index (χ2n) is 6.51. The molecule has 1 heterocycles. The number of hydrogen-bond donors (Lipinski definition) is 0. The number of nitrogens with zero attached hydrogens (tertiary/aromatic N) is 1. The standard InChI is InChI=1S/C23H27NO4/c1-4-13-28-20-10-8-7-9-19(20)23(25)24-12-11-17-14-21(26-5-2)22(27-6-3)15-18(17)16-24/h4,7-10,14-15H,1,5-6,11-13,16H2,2-3H3. The minimum Gasteiger partial charge on any atom is -0.490 e. The first-order valence-electron chi connectivity index (χ1n) is 9.71. The van der Waals surface area contributed by atoms with Gasteiger partial charge in [0, 0.05) is 13.1 Å². The largest absolute Gasteiger partial charge is 0.490 e. The number of amides is 1. The molecule has 1 aliphatic rings. The number of hydrogen-bond acceptors (Lipinski definition) is 4. The molecule has 0 atom stereocenters. The summed E-state index contributed by atoms with van der Waals surface area (Å²) in [4.78, 5) is 15.0. The summed E-state index contributed by atoms with van der Waals surface area (Å²) < 4.78 is 17.1. The van der Waals surface area contributed by atoms with E-state index in [0.717, 1.165) is 23.5 Å². The molecule has 0 fully saturated rings. The molecule has 0 aromatic heterocycles. The Balaban J connectivity index is 1.84. The van der Waals surface area contributed by atoms with Gasteiger partial charge in [0.05, 0.1) is 18.8 Å². The Hall–Kier alpha value is -2.95. The molecule has 28 heavy (non-hydrogen) atoms. The predicted molar refractivity (Wildman–Crippen MR) is 109 cm³/mol. The van der Waals surface area contributed by atoms with Crippen LogP contribution in [0.15, 0.2) is 49.1 Å². The lowest BCUT2D eigenvalue weighted by Gasteiger charge is -2.30. The lowest BCUT2D eigenvalue weighted by Crippen LogP contribution is -2.36. The molecule has 5 heteroatoms. The minimum absolute atomic E-state index is 0.0304. The van der Waals surface area contributed by atoms with E-state index in [9.17, 15) is 4.79 Å². The van der Waals surface area contributed by atoms with Gasteiger partial charge in [0.1, 0.15) is 12.4 Å². The second kappa shape index (κ2) is 9.31. The number of benzene rings is 2. The summed E-state index contributed by atoms with van der Waals surface area (Å²) in [5, 5.41) is 0. The first-order chi connectivity index (χ1) is 13.7. The average Bonchev–Trinajstić information content (AvgIpc) is 2.72.